The maximum absolute atomic E-state index is 10.2. The van der Waals surface area contributed by atoms with Crippen molar-refractivity contribution in [1.82, 2.24) is 0 Å². The Balaban J connectivity index is 1.89. The number of hydrogen-bond acceptors (Lipinski definition) is 2. The highest BCUT2D eigenvalue weighted by Crippen LogP contribution is 2.25. The molecule has 0 bridgehead atoms. The van der Waals surface area contributed by atoms with Gasteiger partial charge in [-0.2, -0.15) is 11.3 Å². The van der Waals surface area contributed by atoms with Gasteiger partial charge < -0.3 is 5.11 Å². The zero-order chi connectivity index (χ0) is 12.1. The third-order valence-electron chi connectivity index (χ3n) is 3.15. The van der Waals surface area contributed by atoms with Gasteiger partial charge in [0.1, 0.15) is 0 Å². The molecule has 0 saturated carbocycles. The van der Waals surface area contributed by atoms with Gasteiger partial charge in [-0.05, 0) is 46.7 Å². The quantitative estimate of drug-likeness (QED) is 0.844. The van der Waals surface area contributed by atoms with E-state index < -0.39 is 0 Å². The molecule has 2 rings (SSSR count). The molecule has 2 aromatic rings. The van der Waals surface area contributed by atoms with Gasteiger partial charge in [-0.1, -0.05) is 37.3 Å². The largest absolute Gasteiger partial charge is 0.388 e. The second-order valence-corrected chi connectivity index (χ2v) is 5.28. The zero-order valence-electron chi connectivity index (χ0n) is 10.0. The van der Waals surface area contributed by atoms with Gasteiger partial charge in [0.15, 0.2) is 0 Å². The first-order chi connectivity index (χ1) is 8.27. The molecule has 1 N–H and O–H groups in total. The Labute approximate surface area is 107 Å². The van der Waals surface area contributed by atoms with Crippen LogP contribution >= 0.6 is 11.3 Å². The molecule has 1 aromatic heterocycles. The maximum atomic E-state index is 10.2. The fourth-order valence-electron chi connectivity index (χ4n) is 1.97. The lowest BCUT2D eigenvalue weighted by Gasteiger charge is -2.18. The molecule has 0 aliphatic carbocycles. The summed E-state index contributed by atoms with van der Waals surface area (Å²) in [6, 6.07) is 12.1. The lowest BCUT2D eigenvalue weighted by atomic mass is 9.92. The highest BCUT2D eigenvalue weighted by molar-refractivity contribution is 7.07. The predicted molar refractivity (Wildman–Crippen MR) is 73.2 cm³/mol. The standard InChI is InChI=1S/C15H18OS/c1-12(7-8-13-9-10-17-11-13)15(16)14-5-3-2-4-6-14/h2-6,9-12,15-16H,7-8H2,1H3. The molecule has 1 heterocycles. The molecule has 0 spiro atoms. The zero-order valence-corrected chi connectivity index (χ0v) is 10.9. The lowest BCUT2D eigenvalue weighted by molar-refractivity contribution is 0.113. The van der Waals surface area contributed by atoms with Crippen molar-refractivity contribution in [3.05, 3.63) is 58.3 Å². The minimum absolute atomic E-state index is 0.289. The number of thiophene rings is 1. The highest BCUT2D eigenvalue weighted by Gasteiger charge is 2.15. The second-order valence-electron chi connectivity index (χ2n) is 4.50. The van der Waals surface area contributed by atoms with E-state index in [0.29, 0.717) is 0 Å². The normalized spacial score (nSPS) is 14.5. The van der Waals surface area contributed by atoms with Gasteiger partial charge in [0, 0.05) is 0 Å². The minimum atomic E-state index is -0.352. The molecular formula is C15H18OS. The molecule has 90 valence electrons. The molecule has 2 heteroatoms. The first-order valence-electron chi connectivity index (χ1n) is 6.01. The van der Waals surface area contributed by atoms with Crippen LogP contribution < -0.4 is 0 Å². The molecule has 0 radical (unpaired) electrons. The number of aliphatic hydroxyl groups is 1. The topological polar surface area (TPSA) is 20.2 Å². The van der Waals surface area contributed by atoms with Crippen LogP contribution in [0.15, 0.2) is 47.2 Å². The van der Waals surface area contributed by atoms with Gasteiger partial charge in [0.25, 0.3) is 0 Å². The molecule has 0 amide bonds. The van der Waals surface area contributed by atoms with Crippen LogP contribution in [0.1, 0.15) is 30.6 Å². The summed E-state index contributed by atoms with van der Waals surface area (Å²) in [5.41, 5.74) is 2.40. The van der Waals surface area contributed by atoms with Crippen molar-refractivity contribution in [1.29, 1.82) is 0 Å². The van der Waals surface area contributed by atoms with Gasteiger partial charge in [-0.3, -0.25) is 0 Å². The summed E-state index contributed by atoms with van der Waals surface area (Å²) in [6.07, 6.45) is 1.72. The summed E-state index contributed by atoms with van der Waals surface area (Å²) in [4.78, 5) is 0. The summed E-state index contributed by atoms with van der Waals surface area (Å²) in [5.74, 6) is 0.289. The van der Waals surface area contributed by atoms with E-state index in [1.807, 2.05) is 30.3 Å². The van der Waals surface area contributed by atoms with Crippen molar-refractivity contribution in [2.75, 3.05) is 0 Å². The van der Waals surface area contributed by atoms with Gasteiger partial charge in [-0.25, -0.2) is 0 Å². The first kappa shape index (κ1) is 12.3. The van der Waals surface area contributed by atoms with E-state index in [1.54, 1.807) is 11.3 Å². The minimum Gasteiger partial charge on any atom is -0.388 e. The monoisotopic (exact) mass is 246 g/mol. The van der Waals surface area contributed by atoms with E-state index in [4.69, 9.17) is 0 Å². The van der Waals surface area contributed by atoms with Crippen LogP contribution in [0.25, 0.3) is 0 Å². The molecule has 0 fully saturated rings. The third kappa shape index (κ3) is 3.42. The van der Waals surface area contributed by atoms with E-state index in [0.717, 1.165) is 18.4 Å². The van der Waals surface area contributed by atoms with E-state index in [-0.39, 0.29) is 12.0 Å². The van der Waals surface area contributed by atoms with Crippen LogP contribution in [-0.2, 0) is 6.42 Å². The number of aryl methyl sites for hydroxylation is 1. The van der Waals surface area contributed by atoms with Crippen molar-refractivity contribution >= 4 is 11.3 Å². The molecule has 1 aromatic carbocycles. The van der Waals surface area contributed by atoms with E-state index in [1.165, 1.54) is 5.56 Å². The van der Waals surface area contributed by atoms with Crippen LogP contribution in [0.2, 0.25) is 0 Å². The Bertz CT molecular complexity index is 421. The molecule has 2 atom stereocenters. The summed E-state index contributed by atoms with van der Waals surface area (Å²) in [6.45, 7) is 2.12. The van der Waals surface area contributed by atoms with Crippen molar-refractivity contribution < 1.29 is 5.11 Å². The fraction of sp³-hybridized carbons (Fsp3) is 0.333. The summed E-state index contributed by atoms with van der Waals surface area (Å²) in [5, 5.41) is 14.5. The highest BCUT2D eigenvalue weighted by atomic mass is 32.1. The van der Waals surface area contributed by atoms with Crippen LogP contribution in [0.4, 0.5) is 0 Å². The van der Waals surface area contributed by atoms with Gasteiger partial charge in [0.2, 0.25) is 0 Å². The van der Waals surface area contributed by atoms with Crippen molar-refractivity contribution in [3.8, 4) is 0 Å². The van der Waals surface area contributed by atoms with Gasteiger partial charge in [0.05, 0.1) is 6.10 Å². The second kappa shape index (κ2) is 5.99. The third-order valence-corrected chi connectivity index (χ3v) is 3.88. The summed E-state index contributed by atoms with van der Waals surface area (Å²) < 4.78 is 0. The average molecular weight is 246 g/mol. The van der Waals surface area contributed by atoms with Crippen molar-refractivity contribution in [3.63, 3.8) is 0 Å². The smallest absolute Gasteiger partial charge is 0.0815 e. The molecule has 2 unspecified atom stereocenters. The van der Waals surface area contributed by atoms with Gasteiger partial charge in [-0.15, -0.1) is 0 Å². The number of rotatable bonds is 5. The Morgan fingerprint density at radius 1 is 1.18 bits per heavy atom. The van der Waals surface area contributed by atoms with Crippen LogP contribution in [0.3, 0.4) is 0 Å². The van der Waals surface area contributed by atoms with Gasteiger partial charge >= 0.3 is 0 Å². The maximum Gasteiger partial charge on any atom is 0.0815 e. The predicted octanol–water partition coefficient (Wildman–Crippen LogP) is 4.05. The molecule has 0 saturated heterocycles. The van der Waals surface area contributed by atoms with E-state index in [2.05, 4.69) is 23.8 Å². The lowest BCUT2D eigenvalue weighted by Crippen LogP contribution is -2.10. The molecule has 0 aliphatic rings. The van der Waals surface area contributed by atoms with Crippen molar-refractivity contribution in [2.24, 2.45) is 5.92 Å². The van der Waals surface area contributed by atoms with Crippen LogP contribution in [0, 0.1) is 5.92 Å². The summed E-state index contributed by atoms with van der Waals surface area (Å²) >= 11 is 1.73. The SMILES string of the molecule is CC(CCc1ccsc1)C(O)c1ccccc1. The Kier molecular flexibility index (Phi) is 4.35. The Morgan fingerprint density at radius 2 is 1.94 bits per heavy atom. The number of hydrogen-bond donors (Lipinski definition) is 1. The average Bonchev–Trinajstić information content (AvgIpc) is 2.89. The first-order valence-corrected chi connectivity index (χ1v) is 6.95. The molecule has 17 heavy (non-hydrogen) atoms. The molecular weight excluding hydrogens is 228 g/mol. The summed E-state index contributed by atoms with van der Waals surface area (Å²) in [7, 11) is 0. The van der Waals surface area contributed by atoms with E-state index in [9.17, 15) is 5.11 Å². The van der Waals surface area contributed by atoms with Crippen LogP contribution in [0.5, 0.6) is 0 Å². The molecule has 1 nitrogen and oxygen atoms in total. The van der Waals surface area contributed by atoms with Crippen molar-refractivity contribution in [2.45, 2.75) is 25.9 Å². The number of aliphatic hydroxyl groups excluding tert-OH is 1. The Hall–Kier alpha value is -1.12. The fourth-order valence-corrected chi connectivity index (χ4v) is 2.67. The van der Waals surface area contributed by atoms with Crippen LogP contribution in [-0.4, -0.2) is 5.11 Å². The Morgan fingerprint density at radius 3 is 2.59 bits per heavy atom. The van der Waals surface area contributed by atoms with E-state index >= 15 is 0 Å². The number of benzene rings is 1. The molecule has 0 aliphatic heterocycles.